The highest BCUT2D eigenvalue weighted by Gasteiger charge is 2.07. The summed E-state index contributed by atoms with van der Waals surface area (Å²) in [4.78, 5) is 12.8. The van der Waals surface area contributed by atoms with E-state index in [2.05, 4.69) is 6.58 Å². The van der Waals surface area contributed by atoms with Gasteiger partial charge in [0.2, 0.25) is 5.91 Å². The summed E-state index contributed by atoms with van der Waals surface area (Å²) in [6, 6.07) is 0. The van der Waals surface area contributed by atoms with Gasteiger partial charge in [-0.3, -0.25) is 4.79 Å². The van der Waals surface area contributed by atoms with E-state index in [0.717, 1.165) is 0 Å². The predicted molar refractivity (Wildman–Crippen MR) is 44.8 cm³/mol. The summed E-state index contributed by atoms with van der Waals surface area (Å²) in [5.74, 6) is 0.120. The molecule has 1 rings (SSSR count). The van der Waals surface area contributed by atoms with Crippen LogP contribution in [0.1, 0.15) is 6.42 Å². The molecule has 1 aliphatic heterocycles. The van der Waals surface area contributed by atoms with E-state index in [1.54, 1.807) is 17.2 Å². The second kappa shape index (κ2) is 3.76. The lowest BCUT2D eigenvalue weighted by molar-refractivity contribution is -0.127. The number of amides is 1. The lowest BCUT2D eigenvalue weighted by Gasteiger charge is -2.13. The van der Waals surface area contributed by atoms with Gasteiger partial charge in [-0.2, -0.15) is 0 Å². The molecule has 0 saturated carbocycles. The highest BCUT2D eigenvalue weighted by Crippen LogP contribution is 2.01. The van der Waals surface area contributed by atoms with E-state index in [0.29, 0.717) is 13.0 Å². The smallest absolute Gasteiger partial charge is 0.230 e. The first-order valence-corrected chi connectivity index (χ1v) is 3.58. The maximum Gasteiger partial charge on any atom is 0.230 e. The normalized spacial score (nSPS) is 16.7. The third-order valence-corrected chi connectivity index (χ3v) is 1.45. The summed E-state index contributed by atoms with van der Waals surface area (Å²) in [7, 11) is 0. The van der Waals surface area contributed by atoms with Gasteiger partial charge in [0.25, 0.3) is 0 Å². The summed E-state index contributed by atoms with van der Waals surface area (Å²) in [6.07, 6.45) is 9.55. The van der Waals surface area contributed by atoms with Gasteiger partial charge in [-0.15, -0.1) is 6.58 Å². The number of allylic oxidation sites excluding steroid dienone is 2. The summed E-state index contributed by atoms with van der Waals surface area (Å²) in [6.45, 7) is 4.17. The van der Waals surface area contributed by atoms with Gasteiger partial charge in [0.05, 0.1) is 0 Å². The van der Waals surface area contributed by atoms with Crippen LogP contribution in [0, 0.1) is 0 Å². The maximum absolute atomic E-state index is 11.2. The number of hydrogen-bond donors (Lipinski definition) is 0. The average molecular weight is 149 g/mol. The van der Waals surface area contributed by atoms with Crippen LogP contribution in [0.4, 0.5) is 0 Å². The van der Waals surface area contributed by atoms with Crippen molar-refractivity contribution < 1.29 is 4.79 Å². The molecule has 1 amide bonds. The Bertz CT molecular complexity index is 216. The Kier molecular flexibility index (Phi) is 2.66. The van der Waals surface area contributed by atoms with Crippen LogP contribution >= 0.6 is 0 Å². The van der Waals surface area contributed by atoms with Crippen LogP contribution in [0.3, 0.4) is 0 Å². The quantitative estimate of drug-likeness (QED) is 0.544. The van der Waals surface area contributed by atoms with Gasteiger partial charge in [0.1, 0.15) is 0 Å². The summed E-state index contributed by atoms with van der Waals surface area (Å²) in [5, 5.41) is 0. The minimum Gasteiger partial charge on any atom is -0.315 e. The van der Waals surface area contributed by atoms with Gasteiger partial charge in [-0.25, -0.2) is 0 Å². The van der Waals surface area contributed by atoms with Crippen LogP contribution in [0.5, 0.6) is 0 Å². The molecule has 0 fully saturated rings. The van der Waals surface area contributed by atoms with Crippen molar-refractivity contribution >= 4 is 5.91 Å². The largest absolute Gasteiger partial charge is 0.315 e. The zero-order valence-corrected chi connectivity index (χ0v) is 6.36. The van der Waals surface area contributed by atoms with Gasteiger partial charge in [-0.05, 0) is 6.08 Å². The predicted octanol–water partition coefficient (Wildman–Crippen LogP) is 1.47. The van der Waals surface area contributed by atoms with E-state index < -0.39 is 0 Å². The van der Waals surface area contributed by atoms with Gasteiger partial charge < -0.3 is 4.90 Å². The fourth-order valence-electron chi connectivity index (χ4n) is 0.903. The first-order chi connectivity index (χ1) is 5.34. The number of nitrogens with zero attached hydrogens (tertiary/aromatic N) is 1. The van der Waals surface area contributed by atoms with Crippen LogP contribution in [-0.4, -0.2) is 17.4 Å². The summed E-state index contributed by atoms with van der Waals surface area (Å²) >= 11 is 0. The molecule has 0 radical (unpaired) electrons. The van der Waals surface area contributed by atoms with Crippen molar-refractivity contribution in [1.82, 2.24) is 4.90 Å². The minimum atomic E-state index is 0.120. The lowest BCUT2D eigenvalue weighted by Crippen LogP contribution is -2.24. The molecule has 58 valence electrons. The van der Waals surface area contributed by atoms with Gasteiger partial charge in [-0.1, -0.05) is 18.2 Å². The van der Waals surface area contributed by atoms with Crippen LogP contribution in [-0.2, 0) is 4.79 Å². The van der Waals surface area contributed by atoms with Gasteiger partial charge in [0.15, 0.2) is 0 Å². The molecule has 2 heteroatoms. The van der Waals surface area contributed by atoms with E-state index in [1.165, 1.54) is 0 Å². The first kappa shape index (κ1) is 7.79. The average Bonchev–Trinajstić information content (AvgIpc) is 2.18. The molecule has 0 saturated heterocycles. The molecule has 1 heterocycles. The SMILES string of the molecule is C=CCN1C=CC=CCC1=O. The molecule has 0 aliphatic carbocycles. The van der Waals surface area contributed by atoms with E-state index in [4.69, 9.17) is 0 Å². The molecule has 0 bridgehead atoms. The van der Waals surface area contributed by atoms with E-state index in [1.807, 2.05) is 18.2 Å². The van der Waals surface area contributed by atoms with Crippen molar-refractivity contribution in [3.8, 4) is 0 Å². The van der Waals surface area contributed by atoms with Crippen molar-refractivity contribution in [2.75, 3.05) is 6.54 Å². The van der Waals surface area contributed by atoms with Crippen molar-refractivity contribution in [3.05, 3.63) is 37.1 Å². The van der Waals surface area contributed by atoms with E-state index in [9.17, 15) is 4.79 Å². The van der Waals surface area contributed by atoms with E-state index in [-0.39, 0.29) is 5.91 Å². The zero-order chi connectivity index (χ0) is 8.10. The highest BCUT2D eigenvalue weighted by molar-refractivity contribution is 5.79. The van der Waals surface area contributed by atoms with Crippen LogP contribution < -0.4 is 0 Å². The van der Waals surface area contributed by atoms with Crippen molar-refractivity contribution in [3.63, 3.8) is 0 Å². The van der Waals surface area contributed by atoms with Crippen LogP contribution in [0.15, 0.2) is 37.1 Å². The molecule has 2 nitrogen and oxygen atoms in total. The second-order valence-corrected chi connectivity index (χ2v) is 2.31. The Balaban J connectivity index is 2.63. The second-order valence-electron chi connectivity index (χ2n) is 2.31. The Morgan fingerprint density at radius 3 is 3.18 bits per heavy atom. The molecule has 0 N–H and O–H groups in total. The highest BCUT2D eigenvalue weighted by atomic mass is 16.2. The molecule has 11 heavy (non-hydrogen) atoms. The standard InChI is InChI=1S/C9H11NO/c1-2-7-10-8-5-3-4-6-9(10)11/h2-5,8H,1,6-7H2. The zero-order valence-electron chi connectivity index (χ0n) is 6.36. The Morgan fingerprint density at radius 2 is 2.45 bits per heavy atom. The number of carbonyl (C=O) groups is 1. The number of carbonyl (C=O) groups excluding carboxylic acids is 1. The monoisotopic (exact) mass is 149 g/mol. The molecule has 0 aromatic heterocycles. The van der Waals surface area contributed by atoms with Crippen LogP contribution in [0.25, 0.3) is 0 Å². The lowest BCUT2D eigenvalue weighted by atomic mass is 10.3. The van der Waals surface area contributed by atoms with Crippen LogP contribution in [0.2, 0.25) is 0 Å². The molecule has 0 unspecified atom stereocenters. The molecule has 0 aromatic carbocycles. The molecule has 1 aliphatic rings. The van der Waals surface area contributed by atoms with Crippen molar-refractivity contribution in [1.29, 1.82) is 0 Å². The molecule has 0 atom stereocenters. The topological polar surface area (TPSA) is 20.3 Å². The molecular weight excluding hydrogens is 138 g/mol. The fraction of sp³-hybridized carbons (Fsp3) is 0.222. The van der Waals surface area contributed by atoms with Gasteiger partial charge in [0, 0.05) is 19.2 Å². The fourth-order valence-corrected chi connectivity index (χ4v) is 0.903. The van der Waals surface area contributed by atoms with Crippen molar-refractivity contribution in [2.24, 2.45) is 0 Å². The summed E-state index contributed by atoms with van der Waals surface area (Å²) in [5.41, 5.74) is 0. The molecule has 0 aromatic rings. The first-order valence-electron chi connectivity index (χ1n) is 3.58. The van der Waals surface area contributed by atoms with Crippen molar-refractivity contribution in [2.45, 2.75) is 6.42 Å². The molecular formula is C9H11NO. The summed E-state index contributed by atoms with van der Waals surface area (Å²) < 4.78 is 0. The van der Waals surface area contributed by atoms with E-state index >= 15 is 0 Å². The Hall–Kier alpha value is -1.31. The third-order valence-electron chi connectivity index (χ3n) is 1.45. The van der Waals surface area contributed by atoms with Gasteiger partial charge >= 0.3 is 0 Å². The third kappa shape index (κ3) is 2.08. The minimum absolute atomic E-state index is 0.120. The Labute approximate surface area is 66.5 Å². The number of hydrogen-bond acceptors (Lipinski definition) is 1. The number of rotatable bonds is 2. The maximum atomic E-state index is 11.2. The molecule has 0 spiro atoms. The Morgan fingerprint density at radius 1 is 1.64 bits per heavy atom.